The van der Waals surface area contributed by atoms with Crippen LogP contribution in [-0.4, -0.2) is 45.4 Å². The van der Waals surface area contributed by atoms with Gasteiger partial charge in [0.1, 0.15) is 0 Å². The van der Waals surface area contributed by atoms with Gasteiger partial charge in [-0.05, 0) is 75.7 Å². The van der Waals surface area contributed by atoms with Gasteiger partial charge in [0.25, 0.3) is 0 Å². The van der Waals surface area contributed by atoms with Crippen molar-refractivity contribution in [3.63, 3.8) is 0 Å². The summed E-state index contributed by atoms with van der Waals surface area (Å²) >= 11 is 0. The van der Waals surface area contributed by atoms with E-state index < -0.39 is 0 Å². The summed E-state index contributed by atoms with van der Waals surface area (Å²) in [6, 6.07) is 11.3. The third kappa shape index (κ3) is 44.5. The maximum Gasteiger partial charge on any atom is 0.0480 e. The molecule has 1 unspecified atom stereocenters. The Morgan fingerprint density at radius 3 is 1.42 bits per heavy atom. The quantitative estimate of drug-likeness (QED) is 0.405. The molecule has 184 valence electrons. The molecule has 3 fully saturated rings. The summed E-state index contributed by atoms with van der Waals surface area (Å²) in [4.78, 5) is 0. The summed E-state index contributed by atoms with van der Waals surface area (Å²) < 4.78 is 5.06. The summed E-state index contributed by atoms with van der Waals surface area (Å²) in [6.07, 6.45) is 7.58. The molecule has 1 aromatic rings. The van der Waals surface area contributed by atoms with E-state index in [0.717, 1.165) is 37.9 Å². The number of hydrogen-bond acceptors (Lipinski definition) is 4. The molecule has 0 bridgehead atoms. The van der Waals surface area contributed by atoms with Crippen molar-refractivity contribution in [3.05, 3.63) is 35.9 Å². The second kappa shape index (κ2) is 58.6. The van der Waals surface area contributed by atoms with Gasteiger partial charge in [0.2, 0.25) is 0 Å². The Morgan fingerprint density at radius 1 is 0.632 bits per heavy atom. The third-order valence-corrected chi connectivity index (χ3v) is 5.49. The maximum atomic E-state index is 5.55. The van der Waals surface area contributed by atoms with E-state index in [0.29, 0.717) is 6.04 Å². The minimum absolute atomic E-state index is 0. The first-order chi connectivity index (χ1) is 12.8. The first-order valence-corrected chi connectivity index (χ1v) is 10.6. The van der Waals surface area contributed by atoms with Crippen molar-refractivity contribution < 1.29 is 397 Å². The molecule has 1 aromatic carbocycles. The third-order valence-electron chi connectivity index (χ3n) is 5.49. The molecular weight excluding hydrogens is 1390 g/mol. The SMILES string of the molecule is C1CCNCC1.C[C@@H]1CNCCC1c1ccccc1.NC1CCOCC1.[Y].[Y].[Y].[Y].[Y].[Y].[Y].[Y].[Y].[Y].[Y].[Y]. The fraction of sp³-hybridized carbons (Fsp3) is 0.727. The Bertz CT molecular complexity index is 467. The van der Waals surface area contributed by atoms with Crippen molar-refractivity contribution in [1.29, 1.82) is 0 Å². The monoisotopic (exact) mass is 1430 g/mol. The molecule has 4 nitrogen and oxygen atoms in total. The van der Waals surface area contributed by atoms with Gasteiger partial charge in [-0.3, -0.25) is 0 Å². The molecule has 12 radical (unpaired) electrons. The van der Waals surface area contributed by atoms with Crippen molar-refractivity contribution in [3.8, 4) is 0 Å². The fourth-order valence-corrected chi connectivity index (χ4v) is 3.73. The van der Waals surface area contributed by atoms with Crippen LogP contribution in [-0.2, 0) is 397 Å². The fourth-order valence-electron chi connectivity index (χ4n) is 3.73. The number of hydrogen-bond donors (Lipinski definition) is 3. The van der Waals surface area contributed by atoms with Crippen LogP contribution in [0.4, 0.5) is 0 Å². The number of piperidine rings is 2. The summed E-state index contributed by atoms with van der Waals surface area (Å²) in [7, 11) is 0. The largest absolute Gasteiger partial charge is 0.381 e. The van der Waals surface area contributed by atoms with Crippen LogP contribution in [0.1, 0.15) is 56.9 Å². The maximum absolute atomic E-state index is 5.55. The summed E-state index contributed by atoms with van der Waals surface area (Å²) in [5.74, 6) is 1.54. The molecule has 16 heteroatoms. The van der Waals surface area contributed by atoms with Crippen molar-refractivity contribution in [1.82, 2.24) is 10.6 Å². The predicted octanol–water partition coefficient (Wildman–Crippen LogP) is 3.25. The molecule has 38 heavy (non-hydrogen) atoms. The Kier molecular flexibility index (Phi) is 122. The summed E-state index contributed by atoms with van der Waals surface area (Å²) in [5, 5.41) is 6.72. The molecule has 3 saturated heterocycles. The van der Waals surface area contributed by atoms with Gasteiger partial charge in [0.15, 0.2) is 0 Å². The first-order valence-electron chi connectivity index (χ1n) is 10.6. The smallest absolute Gasteiger partial charge is 0.0480 e. The standard InChI is InChI=1S/C12H17N.C5H11NO.C5H11N.12Y/c1-10-9-13-8-7-12(10)11-5-3-2-4-6-11;6-5-1-3-7-4-2-5;1-2-4-6-5-3-1;;;;;;;;;;;;/h2-6,10,12-13H,7-9H2,1H3;5H,1-4,6H2;6H,1-5H2;;;;;;;;;;;;/t10-,12?;;;;;;;;;;;;;;/m1............../s1. The molecule has 3 heterocycles. The molecule has 0 saturated carbocycles. The predicted molar refractivity (Wildman–Crippen MR) is 111 cm³/mol. The van der Waals surface area contributed by atoms with Crippen LogP contribution < -0.4 is 16.4 Å². The second-order valence-corrected chi connectivity index (χ2v) is 7.75. The molecule has 4 N–H and O–H groups in total. The molecule has 3 aliphatic heterocycles. The number of rotatable bonds is 1. The summed E-state index contributed by atoms with van der Waals surface area (Å²) in [6.45, 7) is 8.90. The average molecular weight is 1430 g/mol. The van der Waals surface area contributed by atoms with Gasteiger partial charge in [0, 0.05) is 412 Å². The minimum atomic E-state index is 0. The minimum Gasteiger partial charge on any atom is -0.381 e. The van der Waals surface area contributed by atoms with Crippen LogP contribution in [0.15, 0.2) is 30.3 Å². The van der Waals surface area contributed by atoms with Crippen LogP contribution >= 0.6 is 0 Å². The average Bonchev–Trinajstić information content (AvgIpc) is 2.72. The number of ether oxygens (including phenoxy) is 1. The van der Waals surface area contributed by atoms with Crippen LogP contribution in [0.3, 0.4) is 0 Å². The number of nitrogens with two attached hydrogens (primary N) is 1. The Morgan fingerprint density at radius 2 is 1.11 bits per heavy atom. The van der Waals surface area contributed by atoms with Crippen molar-refractivity contribution in [2.75, 3.05) is 39.4 Å². The van der Waals surface area contributed by atoms with Crippen LogP contribution in [0.25, 0.3) is 0 Å². The van der Waals surface area contributed by atoms with E-state index in [9.17, 15) is 0 Å². The molecule has 0 aromatic heterocycles. The molecule has 4 rings (SSSR count). The van der Waals surface area contributed by atoms with Crippen LogP contribution in [0.2, 0.25) is 0 Å². The summed E-state index contributed by atoms with van der Waals surface area (Å²) in [5.41, 5.74) is 7.07. The van der Waals surface area contributed by atoms with E-state index >= 15 is 0 Å². The molecule has 2 atom stereocenters. The normalized spacial score (nSPS) is 18.3. The van der Waals surface area contributed by atoms with Crippen molar-refractivity contribution >= 4 is 0 Å². The molecule has 3 aliphatic rings. The Labute approximate surface area is 536 Å². The Hall–Kier alpha value is 12.3. The number of benzene rings is 1. The molecular formula is C22H39N3OY12. The van der Waals surface area contributed by atoms with E-state index in [4.69, 9.17) is 10.5 Å². The zero-order chi connectivity index (χ0) is 18.5. The molecule has 0 aliphatic carbocycles. The number of nitrogens with one attached hydrogen (secondary N) is 2. The zero-order valence-electron chi connectivity index (χ0n) is 23.5. The van der Waals surface area contributed by atoms with Gasteiger partial charge in [-0.2, -0.15) is 0 Å². The van der Waals surface area contributed by atoms with Crippen molar-refractivity contribution in [2.45, 2.75) is 57.4 Å². The van der Waals surface area contributed by atoms with E-state index in [1.165, 1.54) is 57.4 Å². The van der Waals surface area contributed by atoms with Crippen molar-refractivity contribution in [2.24, 2.45) is 11.7 Å². The Balaban J connectivity index is -0.0000000292. The van der Waals surface area contributed by atoms with Gasteiger partial charge in [-0.1, -0.05) is 43.7 Å². The molecule has 0 amide bonds. The zero-order valence-corrected chi connectivity index (χ0v) is 57.6. The van der Waals surface area contributed by atoms with Gasteiger partial charge in [-0.25, -0.2) is 0 Å². The van der Waals surface area contributed by atoms with Crippen LogP contribution in [0, 0.1) is 5.92 Å². The first kappa shape index (κ1) is 79.2. The van der Waals surface area contributed by atoms with E-state index in [2.05, 4.69) is 47.9 Å². The van der Waals surface area contributed by atoms with E-state index in [1.54, 1.807) is 0 Å². The molecule has 0 spiro atoms. The van der Waals surface area contributed by atoms with Crippen LogP contribution in [0.5, 0.6) is 0 Å². The van der Waals surface area contributed by atoms with E-state index in [-0.39, 0.29) is 393 Å². The second-order valence-electron chi connectivity index (χ2n) is 7.75. The van der Waals surface area contributed by atoms with Gasteiger partial charge in [-0.15, -0.1) is 0 Å². The van der Waals surface area contributed by atoms with Gasteiger partial charge in [0.05, 0.1) is 0 Å². The topological polar surface area (TPSA) is 59.3 Å². The van der Waals surface area contributed by atoms with Gasteiger partial charge >= 0.3 is 0 Å². The van der Waals surface area contributed by atoms with E-state index in [1.807, 2.05) is 0 Å². The van der Waals surface area contributed by atoms with Gasteiger partial charge < -0.3 is 21.1 Å².